The topological polar surface area (TPSA) is 72.0 Å². The fourth-order valence-electron chi connectivity index (χ4n) is 2.08. The zero-order chi connectivity index (χ0) is 16.5. The van der Waals surface area contributed by atoms with Crippen molar-refractivity contribution in [2.75, 3.05) is 4.72 Å². The molecule has 0 unspecified atom stereocenters. The molecule has 22 heavy (non-hydrogen) atoms. The molecule has 2 rings (SSSR count). The quantitative estimate of drug-likeness (QED) is 0.943. The minimum absolute atomic E-state index is 0.0213. The maximum absolute atomic E-state index is 12.4. The number of rotatable bonds is 3. The molecule has 1 aromatic carbocycles. The number of nitrogens with zero attached hydrogens (tertiary/aromatic N) is 2. The zero-order valence-corrected chi connectivity index (χ0v) is 14.3. The number of hydrogen-bond donors (Lipinski definition) is 1. The van der Waals surface area contributed by atoms with Gasteiger partial charge in [0, 0.05) is 11.4 Å². The van der Waals surface area contributed by atoms with Gasteiger partial charge in [-0.2, -0.15) is 0 Å². The van der Waals surface area contributed by atoms with E-state index < -0.39 is 10.0 Å². The lowest BCUT2D eigenvalue weighted by Crippen LogP contribution is -2.16. The number of anilines is 1. The molecule has 0 aliphatic rings. The third-order valence-corrected chi connectivity index (χ3v) is 4.58. The number of nitrogens with one attached hydrogen (secondary N) is 1. The van der Waals surface area contributed by atoms with Crippen LogP contribution in [-0.2, 0) is 15.4 Å². The molecule has 0 bridgehead atoms. The highest BCUT2D eigenvalue weighted by molar-refractivity contribution is 7.92. The van der Waals surface area contributed by atoms with Crippen LogP contribution in [0.1, 0.15) is 37.7 Å². The molecule has 0 saturated heterocycles. The first-order valence-electron chi connectivity index (χ1n) is 7.03. The summed E-state index contributed by atoms with van der Waals surface area (Å²) in [6.45, 7) is 9.84. The highest BCUT2D eigenvalue weighted by Gasteiger charge is 2.18. The Morgan fingerprint density at radius 1 is 0.955 bits per heavy atom. The number of sulfonamides is 1. The number of aromatic nitrogens is 2. The monoisotopic (exact) mass is 319 g/mol. The van der Waals surface area contributed by atoms with Gasteiger partial charge in [-0.15, -0.1) is 0 Å². The normalized spacial score (nSPS) is 12.2. The van der Waals surface area contributed by atoms with Gasteiger partial charge in [0.15, 0.2) is 0 Å². The summed E-state index contributed by atoms with van der Waals surface area (Å²) in [5.41, 5.74) is 2.49. The Balaban J connectivity index is 2.30. The SMILES string of the molecule is Cc1cc(C)nc(NS(=O)(=O)c2ccc(C(C)(C)C)cc2)n1. The molecule has 1 heterocycles. The number of benzene rings is 1. The van der Waals surface area contributed by atoms with Crippen LogP contribution in [0.4, 0.5) is 5.95 Å². The molecule has 2 aromatic rings. The summed E-state index contributed by atoms with van der Waals surface area (Å²) < 4.78 is 27.2. The molecule has 0 amide bonds. The second kappa shape index (κ2) is 5.68. The van der Waals surface area contributed by atoms with E-state index in [9.17, 15) is 8.42 Å². The van der Waals surface area contributed by atoms with Crippen molar-refractivity contribution in [1.29, 1.82) is 0 Å². The minimum atomic E-state index is -3.68. The van der Waals surface area contributed by atoms with Crippen LogP contribution in [0.15, 0.2) is 35.2 Å². The molecule has 0 aliphatic carbocycles. The van der Waals surface area contributed by atoms with Gasteiger partial charge in [-0.05, 0) is 43.0 Å². The van der Waals surface area contributed by atoms with Crippen LogP contribution in [0.3, 0.4) is 0 Å². The third-order valence-electron chi connectivity index (χ3n) is 3.24. The van der Waals surface area contributed by atoms with E-state index >= 15 is 0 Å². The van der Waals surface area contributed by atoms with E-state index in [1.54, 1.807) is 32.0 Å². The third kappa shape index (κ3) is 3.82. The smallest absolute Gasteiger partial charge is 0.247 e. The van der Waals surface area contributed by atoms with Gasteiger partial charge >= 0.3 is 0 Å². The molecule has 0 spiro atoms. The van der Waals surface area contributed by atoms with Crippen molar-refractivity contribution in [2.45, 2.75) is 44.9 Å². The van der Waals surface area contributed by atoms with Gasteiger partial charge < -0.3 is 0 Å². The van der Waals surface area contributed by atoms with E-state index in [1.165, 1.54) is 0 Å². The van der Waals surface area contributed by atoms with Crippen LogP contribution in [0.5, 0.6) is 0 Å². The minimum Gasteiger partial charge on any atom is -0.247 e. The Morgan fingerprint density at radius 2 is 1.45 bits per heavy atom. The van der Waals surface area contributed by atoms with Crippen LogP contribution in [0, 0.1) is 13.8 Å². The van der Waals surface area contributed by atoms with Crippen LogP contribution in [0.2, 0.25) is 0 Å². The van der Waals surface area contributed by atoms with Gasteiger partial charge in [0.2, 0.25) is 5.95 Å². The molecule has 0 atom stereocenters. The summed E-state index contributed by atoms with van der Waals surface area (Å²) in [5, 5.41) is 0. The molecule has 6 heteroatoms. The average Bonchev–Trinajstić information content (AvgIpc) is 2.36. The van der Waals surface area contributed by atoms with Crippen LogP contribution < -0.4 is 4.72 Å². The predicted octanol–water partition coefficient (Wildman–Crippen LogP) is 3.19. The maximum atomic E-state index is 12.4. The molecule has 1 N–H and O–H groups in total. The molecule has 0 fully saturated rings. The first-order chi connectivity index (χ1) is 10.1. The Morgan fingerprint density at radius 3 is 1.91 bits per heavy atom. The highest BCUT2D eigenvalue weighted by atomic mass is 32.2. The van der Waals surface area contributed by atoms with Crippen molar-refractivity contribution in [3.8, 4) is 0 Å². The summed E-state index contributed by atoms with van der Waals surface area (Å²) in [6.07, 6.45) is 0. The van der Waals surface area contributed by atoms with Gasteiger partial charge in [0.05, 0.1) is 4.90 Å². The second-order valence-electron chi connectivity index (χ2n) is 6.35. The standard InChI is InChI=1S/C16H21N3O2S/c1-11-10-12(2)18-15(17-11)19-22(20,21)14-8-6-13(7-9-14)16(3,4)5/h6-10H,1-5H3,(H,17,18,19). The van der Waals surface area contributed by atoms with Crippen molar-refractivity contribution in [3.05, 3.63) is 47.3 Å². The molecular formula is C16H21N3O2S. The molecule has 5 nitrogen and oxygen atoms in total. The molecular weight excluding hydrogens is 298 g/mol. The van der Waals surface area contributed by atoms with Gasteiger partial charge in [-0.3, -0.25) is 0 Å². The van der Waals surface area contributed by atoms with E-state index in [1.807, 2.05) is 12.1 Å². The highest BCUT2D eigenvalue weighted by Crippen LogP contribution is 2.24. The lowest BCUT2D eigenvalue weighted by Gasteiger charge is -2.19. The fraction of sp³-hybridized carbons (Fsp3) is 0.375. The second-order valence-corrected chi connectivity index (χ2v) is 8.04. The fourth-order valence-corrected chi connectivity index (χ4v) is 3.03. The summed E-state index contributed by atoms with van der Waals surface area (Å²) in [4.78, 5) is 8.40. The van der Waals surface area contributed by atoms with Gasteiger partial charge in [-0.25, -0.2) is 23.1 Å². The summed E-state index contributed by atoms with van der Waals surface area (Å²) in [6, 6.07) is 8.65. The maximum Gasteiger partial charge on any atom is 0.264 e. The van der Waals surface area contributed by atoms with E-state index in [2.05, 4.69) is 35.5 Å². The Kier molecular flexibility index (Phi) is 4.24. The summed E-state index contributed by atoms with van der Waals surface area (Å²) in [7, 11) is -3.68. The molecule has 118 valence electrons. The van der Waals surface area contributed by atoms with Crippen molar-refractivity contribution < 1.29 is 8.42 Å². The van der Waals surface area contributed by atoms with Crippen molar-refractivity contribution in [3.63, 3.8) is 0 Å². The van der Waals surface area contributed by atoms with Crippen molar-refractivity contribution in [1.82, 2.24) is 9.97 Å². The Bertz CT molecular complexity index is 756. The first-order valence-corrected chi connectivity index (χ1v) is 8.52. The summed E-state index contributed by atoms with van der Waals surface area (Å²) >= 11 is 0. The summed E-state index contributed by atoms with van der Waals surface area (Å²) in [5.74, 6) is 0.0948. The van der Waals surface area contributed by atoms with Gasteiger partial charge in [0.25, 0.3) is 10.0 Å². The lowest BCUT2D eigenvalue weighted by atomic mass is 9.87. The van der Waals surface area contributed by atoms with E-state index in [-0.39, 0.29) is 16.3 Å². The average molecular weight is 319 g/mol. The predicted molar refractivity (Wildman–Crippen MR) is 87.5 cm³/mol. The van der Waals surface area contributed by atoms with Crippen molar-refractivity contribution >= 4 is 16.0 Å². The van der Waals surface area contributed by atoms with E-state index in [4.69, 9.17) is 0 Å². The molecule has 1 aromatic heterocycles. The zero-order valence-electron chi connectivity index (χ0n) is 13.5. The Labute approximate surface area is 131 Å². The number of hydrogen-bond acceptors (Lipinski definition) is 4. The van der Waals surface area contributed by atoms with Gasteiger partial charge in [0.1, 0.15) is 0 Å². The van der Waals surface area contributed by atoms with E-state index in [0.29, 0.717) is 11.4 Å². The first kappa shape index (κ1) is 16.4. The Hall–Kier alpha value is -1.95. The van der Waals surface area contributed by atoms with Crippen LogP contribution in [0.25, 0.3) is 0 Å². The lowest BCUT2D eigenvalue weighted by molar-refractivity contribution is 0.587. The van der Waals surface area contributed by atoms with Gasteiger partial charge in [-0.1, -0.05) is 32.9 Å². The largest absolute Gasteiger partial charge is 0.264 e. The molecule has 0 aliphatic heterocycles. The molecule has 0 radical (unpaired) electrons. The van der Waals surface area contributed by atoms with E-state index in [0.717, 1.165) is 5.56 Å². The number of aryl methyl sites for hydroxylation is 2. The molecule has 0 saturated carbocycles. The van der Waals surface area contributed by atoms with Crippen molar-refractivity contribution in [2.24, 2.45) is 0 Å². The van der Waals surface area contributed by atoms with Crippen LogP contribution in [-0.4, -0.2) is 18.4 Å². The van der Waals surface area contributed by atoms with Crippen LogP contribution >= 0.6 is 0 Å².